The maximum absolute atomic E-state index is 12.8. The second-order valence-corrected chi connectivity index (χ2v) is 8.95. The summed E-state index contributed by atoms with van der Waals surface area (Å²) in [6.07, 6.45) is 2.98. The van der Waals surface area contributed by atoms with Crippen LogP contribution in [0.3, 0.4) is 0 Å². The first-order valence-corrected chi connectivity index (χ1v) is 11.9. The highest BCUT2D eigenvalue weighted by atomic mass is 16.5. The van der Waals surface area contributed by atoms with Gasteiger partial charge in [0.1, 0.15) is 18.1 Å². The summed E-state index contributed by atoms with van der Waals surface area (Å²) in [5, 5.41) is 9.72. The van der Waals surface area contributed by atoms with E-state index < -0.39 is 0 Å². The zero-order valence-electron chi connectivity index (χ0n) is 20.2. The Labute approximate surface area is 205 Å². The van der Waals surface area contributed by atoms with Crippen molar-refractivity contribution in [1.29, 1.82) is 0 Å². The molecule has 1 unspecified atom stereocenters. The minimum Gasteiger partial charge on any atom is -0.497 e. The monoisotopic (exact) mass is 476 g/mol. The number of hydrogen-bond donors (Lipinski definition) is 1. The van der Waals surface area contributed by atoms with E-state index in [1.807, 2.05) is 48.5 Å². The molecule has 2 aromatic carbocycles. The van der Waals surface area contributed by atoms with Crippen molar-refractivity contribution >= 4 is 5.78 Å². The number of benzene rings is 2. The van der Waals surface area contributed by atoms with Crippen molar-refractivity contribution in [3.8, 4) is 11.5 Å². The third-order valence-electron chi connectivity index (χ3n) is 6.61. The Morgan fingerprint density at radius 2 is 1.71 bits per heavy atom. The van der Waals surface area contributed by atoms with Crippen molar-refractivity contribution in [3.63, 3.8) is 0 Å². The number of hydrogen-bond acceptors (Lipinski definition) is 6. The molecule has 1 N–H and O–H groups in total. The van der Waals surface area contributed by atoms with Gasteiger partial charge < -0.3 is 19.1 Å². The molecule has 1 fully saturated rings. The molecular weight excluding hydrogens is 444 g/mol. The van der Waals surface area contributed by atoms with Crippen LogP contribution in [0.25, 0.3) is 0 Å². The fraction of sp³-hybridized carbons (Fsp3) is 0.357. The van der Waals surface area contributed by atoms with Gasteiger partial charge in [0.15, 0.2) is 5.78 Å². The van der Waals surface area contributed by atoms with Gasteiger partial charge in [-0.2, -0.15) is 0 Å². The fourth-order valence-electron chi connectivity index (χ4n) is 4.28. The van der Waals surface area contributed by atoms with E-state index in [1.165, 1.54) is 10.6 Å². The second kappa shape index (κ2) is 11.3. The molecule has 0 amide bonds. The van der Waals surface area contributed by atoms with Gasteiger partial charge in [0, 0.05) is 37.0 Å². The van der Waals surface area contributed by atoms with Crippen LogP contribution in [0.5, 0.6) is 11.5 Å². The van der Waals surface area contributed by atoms with Gasteiger partial charge in [-0.3, -0.25) is 14.5 Å². The molecule has 2 heterocycles. The van der Waals surface area contributed by atoms with Crippen molar-refractivity contribution in [2.45, 2.75) is 45.1 Å². The molecular formula is C28H32N2O5. The number of Topliss-reactive ketones (excluding diaryl/α,β-unsaturated/α-hetero) is 1. The predicted molar refractivity (Wildman–Crippen MR) is 134 cm³/mol. The Hall–Kier alpha value is -3.42. The molecule has 1 saturated heterocycles. The smallest absolute Gasteiger partial charge is 0.254 e. The number of pyridine rings is 1. The molecule has 4 rings (SSSR count). The highest BCUT2D eigenvalue weighted by Crippen LogP contribution is 2.24. The number of aromatic nitrogens is 1. The highest BCUT2D eigenvalue weighted by molar-refractivity contribution is 5.95. The number of piperidine rings is 1. The summed E-state index contributed by atoms with van der Waals surface area (Å²) in [7, 11) is 1.62. The van der Waals surface area contributed by atoms with Crippen molar-refractivity contribution in [2.75, 3.05) is 20.2 Å². The third-order valence-corrected chi connectivity index (χ3v) is 6.61. The average Bonchev–Trinajstić information content (AvgIpc) is 2.89. The summed E-state index contributed by atoms with van der Waals surface area (Å²) in [6, 6.07) is 18.4. The molecule has 7 heteroatoms. The predicted octanol–water partition coefficient (Wildman–Crippen LogP) is 3.84. The number of ketones is 1. The standard InChI is InChI=1S/C28H32N2O5/c1-20(29-14-11-24(31)12-15-29)22-5-7-23(8-6-22)27(32)18-30-16-13-26(17-28(30)33)35-19-21-3-9-25(34-2)10-4-21/h3-10,13,16-17,20,24,31H,11-12,14-15,18-19H2,1-2H3. The Kier molecular flexibility index (Phi) is 8.00. The molecule has 35 heavy (non-hydrogen) atoms. The van der Waals surface area contributed by atoms with E-state index in [0.29, 0.717) is 17.9 Å². The first kappa shape index (κ1) is 24.7. The van der Waals surface area contributed by atoms with Crippen LogP contribution in [0, 0.1) is 0 Å². The van der Waals surface area contributed by atoms with Gasteiger partial charge in [-0.1, -0.05) is 36.4 Å². The first-order valence-electron chi connectivity index (χ1n) is 11.9. The van der Waals surface area contributed by atoms with Crippen LogP contribution in [0.15, 0.2) is 71.7 Å². The number of carbonyl (C=O) groups is 1. The molecule has 0 spiro atoms. The number of methoxy groups -OCH3 is 1. The van der Waals surface area contributed by atoms with Gasteiger partial charge in [0.25, 0.3) is 5.56 Å². The lowest BCUT2D eigenvalue weighted by Gasteiger charge is -2.34. The second-order valence-electron chi connectivity index (χ2n) is 8.95. The Morgan fingerprint density at radius 1 is 1.03 bits per heavy atom. The lowest BCUT2D eigenvalue weighted by molar-refractivity contribution is 0.0645. The molecule has 1 atom stereocenters. The van der Waals surface area contributed by atoms with E-state index in [9.17, 15) is 14.7 Å². The molecule has 0 saturated carbocycles. The van der Waals surface area contributed by atoms with E-state index in [0.717, 1.165) is 42.8 Å². The van der Waals surface area contributed by atoms with Crippen LogP contribution in [0.1, 0.15) is 47.3 Å². The molecule has 0 bridgehead atoms. The van der Waals surface area contributed by atoms with Crippen LogP contribution >= 0.6 is 0 Å². The van der Waals surface area contributed by atoms with Gasteiger partial charge in [0.05, 0.1) is 19.8 Å². The van der Waals surface area contributed by atoms with E-state index >= 15 is 0 Å². The van der Waals surface area contributed by atoms with E-state index in [-0.39, 0.29) is 30.0 Å². The van der Waals surface area contributed by atoms with Crippen molar-refractivity contribution in [2.24, 2.45) is 0 Å². The maximum Gasteiger partial charge on any atom is 0.254 e. The van der Waals surface area contributed by atoms with Crippen LogP contribution in [0.2, 0.25) is 0 Å². The Morgan fingerprint density at radius 3 is 2.34 bits per heavy atom. The molecule has 3 aromatic rings. The number of nitrogens with zero attached hydrogens (tertiary/aromatic N) is 2. The summed E-state index contributed by atoms with van der Waals surface area (Å²) < 4.78 is 12.3. The molecule has 1 aliphatic heterocycles. The molecule has 1 aliphatic rings. The van der Waals surface area contributed by atoms with Gasteiger partial charge in [-0.15, -0.1) is 0 Å². The molecule has 184 valence electrons. The number of rotatable bonds is 9. The largest absolute Gasteiger partial charge is 0.497 e. The highest BCUT2D eigenvalue weighted by Gasteiger charge is 2.22. The lowest BCUT2D eigenvalue weighted by Crippen LogP contribution is -2.37. The Balaban J connectivity index is 1.33. The topological polar surface area (TPSA) is 81.0 Å². The van der Waals surface area contributed by atoms with Gasteiger partial charge >= 0.3 is 0 Å². The van der Waals surface area contributed by atoms with Crippen LogP contribution in [-0.4, -0.2) is 46.7 Å². The van der Waals surface area contributed by atoms with Gasteiger partial charge in [-0.05, 0) is 49.1 Å². The van der Waals surface area contributed by atoms with E-state index in [2.05, 4.69) is 11.8 Å². The quantitative estimate of drug-likeness (QED) is 0.473. The van der Waals surface area contributed by atoms with Crippen LogP contribution in [0.4, 0.5) is 0 Å². The van der Waals surface area contributed by atoms with E-state index in [4.69, 9.17) is 9.47 Å². The zero-order chi connectivity index (χ0) is 24.8. The van der Waals surface area contributed by atoms with Crippen LogP contribution < -0.4 is 15.0 Å². The number of likely N-dealkylation sites (tertiary alicyclic amines) is 1. The Bertz CT molecular complexity index is 1180. The van der Waals surface area contributed by atoms with Gasteiger partial charge in [0.2, 0.25) is 0 Å². The SMILES string of the molecule is COc1ccc(COc2ccn(CC(=O)c3ccc(C(C)N4CCC(O)CC4)cc3)c(=O)c2)cc1. The molecule has 7 nitrogen and oxygen atoms in total. The number of ether oxygens (including phenoxy) is 2. The minimum absolute atomic E-state index is 0.0312. The van der Waals surface area contributed by atoms with Gasteiger partial charge in [-0.25, -0.2) is 0 Å². The fourth-order valence-corrected chi connectivity index (χ4v) is 4.28. The summed E-state index contributed by atoms with van der Waals surface area (Å²) in [5.41, 5.74) is 2.37. The summed E-state index contributed by atoms with van der Waals surface area (Å²) in [4.78, 5) is 27.7. The first-order chi connectivity index (χ1) is 16.9. The zero-order valence-corrected chi connectivity index (χ0v) is 20.2. The lowest BCUT2D eigenvalue weighted by atomic mass is 10.00. The molecule has 0 aliphatic carbocycles. The van der Waals surface area contributed by atoms with E-state index in [1.54, 1.807) is 19.4 Å². The maximum atomic E-state index is 12.8. The molecule has 0 radical (unpaired) electrons. The van der Waals surface area contributed by atoms with Crippen LogP contribution in [-0.2, 0) is 13.2 Å². The minimum atomic E-state index is -0.289. The summed E-state index contributed by atoms with van der Waals surface area (Å²) in [6.45, 7) is 4.18. The number of carbonyl (C=O) groups excluding carboxylic acids is 1. The normalized spacial score (nSPS) is 15.5. The molecule has 1 aromatic heterocycles. The number of aliphatic hydroxyl groups excluding tert-OH is 1. The average molecular weight is 477 g/mol. The summed E-state index contributed by atoms with van der Waals surface area (Å²) in [5.74, 6) is 1.10. The van der Waals surface area contributed by atoms with Crippen molar-refractivity contribution in [3.05, 3.63) is 93.9 Å². The summed E-state index contributed by atoms with van der Waals surface area (Å²) >= 11 is 0. The van der Waals surface area contributed by atoms with Crippen molar-refractivity contribution < 1.29 is 19.4 Å². The third kappa shape index (κ3) is 6.38. The van der Waals surface area contributed by atoms with Crippen molar-refractivity contribution in [1.82, 2.24) is 9.47 Å². The number of aliphatic hydroxyl groups is 1.